The van der Waals surface area contributed by atoms with E-state index in [1.807, 2.05) is 0 Å². The summed E-state index contributed by atoms with van der Waals surface area (Å²) in [6.07, 6.45) is 6.40. The van der Waals surface area contributed by atoms with Crippen LogP contribution >= 0.6 is 15.9 Å². The number of hydrogen-bond acceptors (Lipinski definition) is 4. The summed E-state index contributed by atoms with van der Waals surface area (Å²) < 4.78 is 5.38. The Balaban J connectivity index is 2.78. The van der Waals surface area contributed by atoms with E-state index in [9.17, 15) is 19.8 Å². The molecule has 1 aromatic rings. The fourth-order valence-electron chi connectivity index (χ4n) is 2.19. The Morgan fingerprint density at radius 3 is 2.26 bits per heavy atom. The van der Waals surface area contributed by atoms with Crippen LogP contribution < -0.4 is 4.74 Å². The molecule has 0 bridgehead atoms. The van der Waals surface area contributed by atoms with Gasteiger partial charge >= 0.3 is 11.9 Å². The molecule has 0 heterocycles. The number of carboxylic acids is 2. The van der Waals surface area contributed by atoms with E-state index < -0.39 is 28.8 Å². The predicted molar refractivity (Wildman–Crippen MR) is 88.6 cm³/mol. The molecule has 0 saturated heterocycles. The summed E-state index contributed by atoms with van der Waals surface area (Å²) in [7, 11) is 0. The quantitative estimate of drug-likeness (QED) is 0.516. The second-order valence-electron chi connectivity index (χ2n) is 5.19. The Kier molecular flexibility index (Phi) is 7.88. The molecule has 128 valence electrons. The van der Waals surface area contributed by atoms with Gasteiger partial charge in [0.2, 0.25) is 0 Å². The van der Waals surface area contributed by atoms with Crippen LogP contribution in [-0.4, -0.2) is 33.9 Å². The van der Waals surface area contributed by atoms with Crippen molar-refractivity contribution in [1.29, 1.82) is 0 Å². The van der Waals surface area contributed by atoms with Crippen LogP contribution in [0, 0.1) is 0 Å². The number of halogens is 1. The van der Waals surface area contributed by atoms with Gasteiger partial charge < -0.3 is 20.1 Å². The van der Waals surface area contributed by atoms with Crippen molar-refractivity contribution in [2.24, 2.45) is 0 Å². The Bertz CT molecular complexity index is 570. The molecule has 0 radical (unpaired) electrons. The maximum Gasteiger partial charge on any atom is 0.337 e. The molecular formula is C16H21BrO6. The average molecular weight is 389 g/mol. The minimum absolute atomic E-state index is 0.0408. The number of phenols is 1. The van der Waals surface area contributed by atoms with E-state index in [4.69, 9.17) is 9.84 Å². The van der Waals surface area contributed by atoms with Gasteiger partial charge in [0.15, 0.2) is 11.5 Å². The smallest absolute Gasteiger partial charge is 0.337 e. The molecule has 0 atom stereocenters. The van der Waals surface area contributed by atoms with Crippen molar-refractivity contribution in [3.63, 3.8) is 0 Å². The molecule has 6 nitrogen and oxygen atoms in total. The second-order valence-corrected chi connectivity index (χ2v) is 5.98. The minimum Gasteiger partial charge on any atom is -0.504 e. The molecule has 1 rings (SSSR count). The second kappa shape index (κ2) is 9.39. The summed E-state index contributed by atoms with van der Waals surface area (Å²) in [4.78, 5) is 22.3. The van der Waals surface area contributed by atoms with Crippen LogP contribution in [0.25, 0.3) is 0 Å². The molecule has 0 unspecified atom stereocenters. The molecule has 23 heavy (non-hydrogen) atoms. The number of aromatic carboxylic acids is 2. The van der Waals surface area contributed by atoms with Crippen LogP contribution in [0.4, 0.5) is 0 Å². The molecule has 0 amide bonds. The monoisotopic (exact) mass is 388 g/mol. The van der Waals surface area contributed by atoms with E-state index in [0.29, 0.717) is 6.61 Å². The van der Waals surface area contributed by atoms with E-state index in [-0.39, 0.29) is 10.2 Å². The van der Waals surface area contributed by atoms with Crippen molar-refractivity contribution < 1.29 is 29.6 Å². The van der Waals surface area contributed by atoms with E-state index >= 15 is 0 Å². The number of ether oxygens (including phenoxy) is 1. The first-order chi connectivity index (χ1) is 10.9. The fraction of sp³-hybridized carbons (Fsp3) is 0.500. The Hall–Kier alpha value is -1.76. The van der Waals surface area contributed by atoms with Gasteiger partial charge in [0.1, 0.15) is 0 Å². The Labute approximate surface area is 143 Å². The van der Waals surface area contributed by atoms with Gasteiger partial charge in [-0.05, 0) is 28.4 Å². The first-order valence-corrected chi connectivity index (χ1v) is 8.34. The first kappa shape index (κ1) is 19.3. The van der Waals surface area contributed by atoms with Gasteiger partial charge in [-0.2, -0.15) is 0 Å². The van der Waals surface area contributed by atoms with E-state index in [1.165, 1.54) is 19.3 Å². The van der Waals surface area contributed by atoms with Gasteiger partial charge in [0, 0.05) is 0 Å². The largest absolute Gasteiger partial charge is 0.504 e. The number of hydrogen-bond donors (Lipinski definition) is 3. The Morgan fingerprint density at radius 1 is 1.09 bits per heavy atom. The Morgan fingerprint density at radius 2 is 1.70 bits per heavy atom. The SMILES string of the molecule is CCCCCCCCOc1c(O)cc(C(=O)O)c(C(=O)O)c1Br. The molecule has 0 fully saturated rings. The lowest BCUT2D eigenvalue weighted by Gasteiger charge is -2.13. The van der Waals surface area contributed by atoms with Crippen molar-refractivity contribution in [1.82, 2.24) is 0 Å². The topological polar surface area (TPSA) is 104 Å². The number of aromatic hydroxyl groups is 1. The van der Waals surface area contributed by atoms with Gasteiger partial charge in [0.25, 0.3) is 0 Å². The minimum atomic E-state index is -1.43. The summed E-state index contributed by atoms with van der Waals surface area (Å²) in [5.74, 6) is -3.27. The van der Waals surface area contributed by atoms with Gasteiger partial charge in [-0.25, -0.2) is 9.59 Å². The number of benzene rings is 1. The molecule has 1 aromatic carbocycles. The van der Waals surface area contributed by atoms with E-state index in [0.717, 1.165) is 25.3 Å². The number of rotatable bonds is 10. The highest BCUT2D eigenvalue weighted by Gasteiger charge is 2.25. The van der Waals surface area contributed by atoms with Crippen molar-refractivity contribution in [2.45, 2.75) is 45.4 Å². The van der Waals surface area contributed by atoms with Crippen molar-refractivity contribution >= 4 is 27.9 Å². The standard InChI is InChI=1S/C16H21BrO6/c1-2-3-4-5-6-7-8-23-14-11(18)9-10(15(19)20)12(13(14)17)16(21)22/h9,18H,2-8H2,1H3,(H,19,20)(H,21,22). The molecule has 3 N–H and O–H groups in total. The fourth-order valence-corrected chi connectivity index (χ4v) is 2.89. The highest BCUT2D eigenvalue weighted by molar-refractivity contribution is 9.10. The van der Waals surface area contributed by atoms with Crippen LogP contribution in [0.5, 0.6) is 11.5 Å². The lowest BCUT2D eigenvalue weighted by molar-refractivity contribution is 0.0649. The third-order valence-corrected chi connectivity index (χ3v) is 4.15. The van der Waals surface area contributed by atoms with Gasteiger partial charge in [-0.15, -0.1) is 0 Å². The zero-order chi connectivity index (χ0) is 17.4. The predicted octanol–water partition coefficient (Wildman–Crippen LogP) is 4.29. The van der Waals surface area contributed by atoms with Crippen LogP contribution in [0.1, 0.15) is 66.2 Å². The molecular weight excluding hydrogens is 368 g/mol. The third kappa shape index (κ3) is 5.42. The highest BCUT2D eigenvalue weighted by atomic mass is 79.9. The van der Waals surface area contributed by atoms with Crippen LogP contribution in [0.15, 0.2) is 10.5 Å². The summed E-state index contributed by atoms with van der Waals surface area (Å²) >= 11 is 3.03. The summed E-state index contributed by atoms with van der Waals surface area (Å²) in [6, 6.07) is 0.896. The summed E-state index contributed by atoms with van der Waals surface area (Å²) in [6.45, 7) is 2.47. The van der Waals surface area contributed by atoms with E-state index in [1.54, 1.807) is 0 Å². The first-order valence-electron chi connectivity index (χ1n) is 7.55. The zero-order valence-corrected chi connectivity index (χ0v) is 14.6. The van der Waals surface area contributed by atoms with E-state index in [2.05, 4.69) is 22.9 Å². The number of carbonyl (C=O) groups is 2. The molecule has 0 aromatic heterocycles. The van der Waals surface area contributed by atoms with Crippen molar-refractivity contribution in [2.75, 3.05) is 6.61 Å². The van der Waals surface area contributed by atoms with Crippen LogP contribution in [0.3, 0.4) is 0 Å². The summed E-state index contributed by atoms with van der Waals surface area (Å²) in [5.41, 5.74) is -0.929. The highest BCUT2D eigenvalue weighted by Crippen LogP contribution is 2.39. The van der Waals surface area contributed by atoms with Crippen molar-refractivity contribution in [3.8, 4) is 11.5 Å². The normalized spacial score (nSPS) is 10.5. The number of phenolic OH excluding ortho intramolecular Hbond substituents is 1. The molecule has 0 saturated carbocycles. The lowest BCUT2D eigenvalue weighted by Crippen LogP contribution is -2.10. The molecule has 7 heteroatoms. The van der Waals surface area contributed by atoms with Gasteiger partial charge in [0.05, 0.1) is 22.2 Å². The van der Waals surface area contributed by atoms with Crippen molar-refractivity contribution in [3.05, 3.63) is 21.7 Å². The van der Waals surface area contributed by atoms with Crippen LogP contribution in [-0.2, 0) is 0 Å². The summed E-state index contributed by atoms with van der Waals surface area (Å²) in [5, 5.41) is 28.1. The van der Waals surface area contributed by atoms with Gasteiger partial charge in [-0.3, -0.25) is 0 Å². The lowest BCUT2D eigenvalue weighted by atomic mass is 10.1. The maximum atomic E-state index is 11.3. The third-order valence-electron chi connectivity index (χ3n) is 3.39. The molecule has 0 spiro atoms. The number of carboxylic acid groups (broad SMARTS) is 2. The molecule has 0 aliphatic carbocycles. The number of unbranched alkanes of at least 4 members (excludes halogenated alkanes) is 5. The molecule has 0 aliphatic heterocycles. The maximum absolute atomic E-state index is 11.3. The molecule has 0 aliphatic rings. The van der Waals surface area contributed by atoms with Crippen LogP contribution in [0.2, 0.25) is 0 Å². The van der Waals surface area contributed by atoms with Gasteiger partial charge in [-0.1, -0.05) is 39.0 Å². The zero-order valence-electron chi connectivity index (χ0n) is 13.0. The average Bonchev–Trinajstić information content (AvgIpc) is 2.47.